The van der Waals surface area contributed by atoms with Crippen molar-refractivity contribution in [2.45, 2.75) is 86.1 Å². The molecule has 0 aromatic rings. The largest absolute Gasteiger partial charge is 0.394 e. The van der Waals surface area contributed by atoms with Crippen molar-refractivity contribution in [1.29, 1.82) is 0 Å². The summed E-state index contributed by atoms with van der Waals surface area (Å²) in [5.74, 6) is 1.65. The molecule has 0 spiro atoms. The standard InChI is InChI=1S/C53H96O25/c1-4-9-64-24-42(63)25-68-52(27-65-10-5-2)38-78-53(28-66-11-6-3)37-77-51(22-62)36-76-50(21-61)35-75-49(20-60)34-74-48(19-59)33-73-47(18-58)32-72-46(17-57)31-71-45(16-56)30-70-44(15-55)29-69-43(14-54)26-67-23-41-13-39-7-8-40(41)12-39/h4-8,39-63H,1-3,9-38H2. The molecular weight excluding hydrogens is 1040 g/mol. The highest BCUT2D eigenvalue weighted by atomic mass is 16.6. The van der Waals surface area contributed by atoms with E-state index in [9.17, 15) is 51.1 Å². The second-order valence-corrected chi connectivity index (χ2v) is 18.9. The average molecular weight is 1130 g/mol. The molecule has 15 unspecified atom stereocenters. The highest BCUT2D eigenvalue weighted by molar-refractivity contribution is 5.10. The molecule has 0 radical (unpaired) electrons. The van der Waals surface area contributed by atoms with E-state index < -0.39 is 126 Å². The first-order valence-electron chi connectivity index (χ1n) is 26.8. The zero-order chi connectivity index (χ0) is 57.0. The minimum absolute atomic E-state index is 0.0349. The first-order chi connectivity index (χ1) is 38.0. The Kier molecular flexibility index (Phi) is 43.8. The lowest BCUT2D eigenvalue weighted by Gasteiger charge is -2.26. The Morgan fingerprint density at radius 3 is 0.885 bits per heavy atom. The molecular formula is C53H96O25. The van der Waals surface area contributed by atoms with Crippen LogP contribution in [0.1, 0.15) is 12.8 Å². The molecule has 0 aliphatic heterocycles. The SMILES string of the molecule is C=CCOCC(O)COC(COCC=C)COC(COCC=C)COC(CO)COC(CO)COC(CO)COC(CO)COC(CO)COC(CO)COC(CO)COC(CO)COC(CO)COCC1CC2C=CC1C2. The molecule has 458 valence electrons. The third-order valence-corrected chi connectivity index (χ3v) is 12.2. The molecule has 25 heteroatoms. The predicted molar refractivity (Wildman–Crippen MR) is 280 cm³/mol. The molecule has 0 aromatic carbocycles. The van der Waals surface area contributed by atoms with E-state index in [1.165, 1.54) is 6.42 Å². The Bertz CT molecular complexity index is 1450. The van der Waals surface area contributed by atoms with Crippen LogP contribution < -0.4 is 0 Å². The van der Waals surface area contributed by atoms with Crippen LogP contribution in [0.3, 0.4) is 0 Å². The van der Waals surface area contributed by atoms with E-state index >= 15 is 0 Å². The second-order valence-electron chi connectivity index (χ2n) is 18.9. The lowest BCUT2D eigenvalue weighted by molar-refractivity contribution is -0.151. The molecule has 2 rings (SSSR count). The van der Waals surface area contributed by atoms with Crippen molar-refractivity contribution >= 4 is 0 Å². The van der Waals surface area contributed by atoms with Gasteiger partial charge in [0, 0.05) is 0 Å². The van der Waals surface area contributed by atoms with Gasteiger partial charge in [-0.15, -0.1) is 19.7 Å². The number of rotatable bonds is 58. The van der Waals surface area contributed by atoms with Crippen LogP contribution in [0.4, 0.5) is 0 Å². The molecule has 78 heavy (non-hydrogen) atoms. The number of aliphatic hydroxyl groups is 10. The van der Waals surface area contributed by atoms with Gasteiger partial charge in [0.25, 0.3) is 0 Å². The van der Waals surface area contributed by atoms with E-state index in [4.69, 9.17) is 71.1 Å². The third-order valence-electron chi connectivity index (χ3n) is 12.2. The van der Waals surface area contributed by atoms with Crippen LogP contribution in [0.25, 0.3) is 0 Å². The van der Waals surface area contributed by atoms with Crippen molar-refractivity contribution in [3.8, 4) is 0 Å². The van der Waals surface area contributed by atoms with E-state index in [0.717, 1.165) is 6.42 Å². The van der Waals surface area contributed by atoms with E-state index in [1.54, 1.807) is 18.2 Å². The normalized spacial score (nSPS) is 20.9. The summed E-state index contributed by atoms with van der Waals surface area (Å²) in [5.41, 5.74) is 0. The fourth-order valence-electron chi connectivity index (χ4n) is 7.69. The molecule has 0 heterocycles. The number of ether oxygens (including phenoxy) is 15. The van der Waals surface area contributed by atoms with Crippen LogP contribution in [-0.2, 0) is 71.1 Å². The topological polar surface area (TPSA) is 341 Å². The van der Waals surface area contributed by atoms with Crippen molar-refractivity contribution in [2.24, 2.45) is 17.8 Å². The van der Waals surface area contributed by atoms with Crippen molar-refractivity contribution in [3.63, 3.8) is 0 Å². The summed E-state index contributed by atoms with van der Waals surface area (Å²) in [5, 5.41) is 99.8. The maximum atomic E-state index is 10.2. The fraction of sp³-hybridized carbons (Fsp3) is 0.849. The Balaban J connectivity index is 1.74. The summed E-state index contributed by atoms with van der Waals surface area (Å²) in [6.07, 6.45) is 1.80. The molecule has 25 nitrogen and oxygen atoms in total. The first kappa shape index (κ1) is 72.1. The number of allylic oxidation sites excluding steroid dienone is 2. The monoisotopic (exact) mass is 1130 g/mol. The summed E-state index contributed by atoms with van der Waals surface area (Å²) in [6.45, 7) is 7.40. The van der Waals surface area contributed by atoms with Gasteiger partial charge in [-0.3, -0.25) is 0 Å². The van der Waals surface area contributed by atoms with Gasteiger partial charge in [-0.25, -0.2) is 0 Å². The van der Waals surface area contributed by atoms with Gasteiger partial charge in [-0.2, -0.15) is 0 Å². The van der Waals surface area contributed by atoms with Crippen molar-refractivity contribution in [2.75, 3.05) is 185 Å². The van der Waals surface area contributed by atoms with Crippen LogP contribution in [0.15, 0.2) is 50.1 Å². The Morgan fingerprint density at radius 1 is 0.333 bits per heavy atom. The van der Waals surface area contributed by atoms with Crippen LogP contribution >= 0.6 is 0 Å². The number of fused-ring (bicyclic) bond motifs is 2. The van der Waals surface area contributed by atoms with Crippen molar-refractivity contribution in [1.82, 2.24) is 0 Å². The fourth-order valence-corrected chi connectivity index (χ4v) is 7.69. The summed E-state index contributed by atoms with van der Waals surface area (Å²) in [7, 11) is 0. The lowest BCUT2D eigenvalue weighted by Crippen LogP contribution is -2.38. The quantitative estimate of drug-likeness (QED) is 0.0220. The molecule has 0 aromatic heterocycles. The summed E-state index contributed by atoms with van der Waals surface area (Å²) in [6, 6.07) is 0. The highest BCUT2D eigenvalue weighted by Gasteiger charge is 2.35. The van der Waals surface area contributed by atoms with Gasteiger partial charge in [0.1, 0.15) is 73.2 Å². The molecule has 1 saturated carbocycles. The Morgan fingerprint density at radius 2 is 0.603 bits per heavy atom. The van der Waals surface area contributed by atoms with Crippen LogP contribution in [0, 0.1) is 17.8 Å². The van der Waals surface area contributed by atoms with Gasteiger partial charge in [0.15, 0.2) is 0 Å². The van der Waals surface area contributed by atoms with E-state index in [0.29, 0.717) is 24.4 Å². The summed E-state index contributed by atoms with van der Waals surface area (Å²) in [4.78, 5) is 0. The number of hydrogen-bond donors (Lipinski definition) is 10. The molecule has 2 aliphatic rings. The zero-order valence-corrected chi connectivity index (χ0v) is 45.5. The van der Waals surface area contributed by atoms with Crippen molar-refractivity contribution < 1.29 is 122 Å². The summed E-state index contributed by atoms with van der Waals surface area (Å²) >= 11 is 0. The van der Waals surface area contributed by atoms with Gasteiger partial charge in [-0.05, 0) is 30.6 Å². The highest BCUT2D eigenvalue weighted by Crippen LogP contribution is 2.43. The molecule has 0 saturated heterocycles. The van der Waals surface area contributed by atoms with Gasteiger partial charge < -0.3 is 122 Å². The summed E-state index contributed by atoms with van der Waals surface area (Å²) < 4.78 is 85.9. The number of aliphatic hydroxyl groups excluding tert-OH is 10. The Labute approximate surface area is 460 Å². The smallest absolute Gasteiger partial charge is 0.104 e. The number of hydrogen-bond acceptors (Lipinski definition) is 25. The van der Waals surface area contributed by atoms with E-state index in [2.05, 4.69) is 31.9 Å². The maximum Gasteiger partial charge on any atom is 0.104 e. The minimum atomic E-state index is -0.920. The molecule has 2 bridgehead atoms. The van der Waals surface area contributed by atoms with E-state index in [1.807, 2.05) is 0 Å². The van der Waals surface area contributed by atoms with Crippen molar-refractivity contribution in [3.05, 3.63) is 50.1 Å². The van der Waals surface area contributed by atoms with Gasteiger partial charge >= 0.3 is 0 Å². The van der Waals surface area contributed by atoms with Crippen LogP contribution in [-0.4, -0.2) is 309 Å². The third kappa shape index (κ3) is 33.2. The van der Waals surface area contributed by atoms with E-state index in [-0.39, 0.29) is 126 Å². The molecule has 2 aliphatic carbocycles. The lowest BCUT2D eigenvalue weighted by atomic mass is 9.95. The molecule has 1 fully saturated rings. The first-order valence-corrected chi connectivity index (χ1v) is 26.8. The van der Waals surface area contributed by atoms with Crippen LogP contribution in [0.5, 0.6) is 0 Å². The van der Waals surface area contributed by atoms with Crippen LogP contribution in [0.2, 0.25) is 0 Å². The molecule has 10 N–H and O–H groups in total. The maximum absolute atomic E-state index is 10.2. The Hall–Kier alpha value is -2.04. The van der Waals surface area contributed by atoms with Gasteiger partial charge in [0.2, 0.25) is 0 Å². The predicted octanol–water partition coefficient (Wildman–Crippen LogP) is -2.65. The molecule has 0 amide bonds. The second kappa shape index (κ2) is 47.4. The average Bonchev–Trinajstić information content (AvgIpc) is 4.11. The molecule has 15 atom stereocenters. The van der Waals surface area contributed by atoms with Gasteiger partial charge in [0.05, 0.1) is 185 Å². The zero-order valence-electron chi connectivity index (χ0n) is 45.5. The van der Waals surface area contributed by atoms with Gasteiger partial charge in [-0.1, -0.05) is 30.4 Å². The minimum Gasteiger partial charge on any atom is -0.394 e.